The average molecular weight is 269 g/mol. The first-order valence-electron chi connectivity index (χ1n) is 6.63. The minimum absolute atomic E-state index is 0.193. The standard InChI is InChI=1S/C16H16FN3/c1-12-10-16(15-8-4-5-9-18-15)19-20(12)11-13-6-2-3-7-14(13)17/h2-8,10,18H,9,11H2,1H3. The molecule has 0 atom stereocenters. The van der Waals surface area contributed by atoms with E-state index in [4.69, 9.17) is 0 Å². The minimum Gasteiger partial charge on any atom is -0.380 e. The van der Waals surface area contributed by atoms with E-state index in [9.17, 15) is 4.39 Å². The van der Waals surface area contributed by atoms with Gasteiger partial charge in [0, 0.05) is 17.8 Å². The summed E-state index contributed by atoms with van der Waals surface area (Å²) in [6, 6.07) is 8.82. The van der Waals surface area contributed by atoms with Crippen LogP contribution in [0, 0.1) is 12.7 Å². The second-order valence-electron chi connectivity index (χ2n) is 4.81. The first-order valence-corrected chi connectivity index (χ1v) is 6.63. The van der Waals surface area contributed by atoms with Gasteiger partial charge in [0.05, 0.1) is 12.2 Å². The third-order valence-electron chi connectivity index (χ3n) is 3.34. The Hall–Kier alpha value is -2.36. The smallest absolute Gasteiger partial charge is 0.128 e. The first-order chi connectivity index (χ1) is 9.74. The van der Waals surface area contributed by atoms with Crippen LogP contribution in [-0.2, 0) is 6.54 Å². The summed E-state index contributed by atoms with van der Waals surface area (Å²) in [7, 11) is 0. The number of allylic oxidation sites excluding steroid dienone is 2. The van der Waals surface area contributed by atoms with Gasteiger partial charge >= 0.3 is 0 Å². The van der Waals surface area contributed by atoms with Gasteiger partial charge in [0.15, 0.2) is 0 Å². The largest absolute Gasteiger partial charge is 0.380 e. The molecular formula is C16H16FN3. The Balaban J connectivity index is 1.88. The van der Waals surface area contributed by atoms with Crippen molar-refractivity contribution in [2.45, 2.75) is 13.5 Å². The van der Waals surface area contributed by atoms with Crippen LogP contribution in [0.25, 0.3) is 5.70 Å². The summed E-state index contributed by atoms with van der Waals surface area (Å²) in [5, 5.41) is 7.83. The Morgan fingerprint density at radius 2 is 2.20 bits per heavy atom. The summed E-state index contributed by atoms with van der Waals surface area (Å²) in [6.07, 6.45) is 6.06. The van der Waals surface area contributed by atoms with Gasteiger partial charge < -0.3 is 5.32 Å². The predicted molar refractivity (Wildman–Crippen MR) is 77.6 cm³/mol. The number of rotatable bonds is 3. The molecular weight excluding hydrogens is 253 g/mol. The number of benzene rings is 1. The molecule has 0 bridgehead atoms. The molecule has 0 spiro atoms. The molecule has 0 aliphatic carbocycles. The number of halogens is 1. The molecule has 102 valence electrons. The van der Waals surface area contributed by atoms with Gasteiger partial charge in [0.2, 0.25) is 0 Å². The van der Waals surface area contributed by atoms with Gasteiger partial charge in [-0.15, -0.1) is 0 Å². The van der Waals surface area contributed by atoms with Crippen LogP contribution in [0.4, 0.5) is 4.39 Å². The molecule has 3 rings (SSSR count). The Labute approximate surface area is 117 Å². The van der Waals surface area contributed by atoms with E-state index in [1.54, 1.807) is 12.1 Å². The number of nitrogens with one attached hydrogen (secondary N) is 1. The highest BCUT2D eigenvalue weighted by molar-refractivity contribution is 5.64. The zero-order chi connectivity index (χ0) is 13.9. The Bertz CT molecular complexity index is 683. The van der Waals surface area contributed by atoms with Gasteiger partial charge in [-0.05, 0) is 25.1 Å². The summed E-state index contributed by atoms with van der Waals surface area (Å²) >= 11 is 0. The third-order valence-corrected chi connectivity index (χ3v) is 3.34. The molecule has 0 radical (unpaired) electrons. The highest BCUT2D eigenvalue weighted by Crippen LogP contribution is 2.16. The number of aryl methyl sites for hydroxylation is 1. The molecule has 1 aliphatic rings. The molecule has 0 unspecified atom stereocenters. The molecule has 1 aromatic carbocycles. The van der Waals surface area contributed by atoms with Crippen LogP contribution >= 0.6 is 0 Å². The second-order valence-corrected chi connectivity index (χ2v) is 4.81. The maximum atomic E-state index is 13.7. The van der Waals surface area contributed by atoms with E-state index < -0.39 is 0 Å². The van der Waals surface area contributed by atoms with E-state index in [0.29, 0.717) is 12.1 Å². The van der Waals surface area contributed by atoms with E-state index >= 15 is 0 Å². The van der Waals surface area contributed by atoms with E-state index in [1.807, 2.05) is 42.0 Å². The molecule has 0 saturated carbocycles. The molecule has 0 fully saturated rings. The first kappa shape index (κ1) is 12.7. The lowest BCUT2D eigenvalue weighted by Gasteiger charge is -2.09. The van der Waals surface area contributed by atoms with Crippen molar-refractivity contribution in [1.82, 2.24) is 15.1 Å². The van der Waals surface area contributed by atoms with Gasteiger partial charge in [-0.3, -0.25) is 4.68 Å². The molecule has 4 heteroatoms. The summed E-state index contributed by atoms with van der Waals surface area (Å²) in [5.74, 6) is -0.193. The van der Waals surface area contributed by atoms with Crippen molar-refractivity contribution in [3.8, 4) is 0 Å². The van der Waals surface area contributed by atoms with Crippen molar-refractivity contribution in [3.05, 3.63) is 71.3 Å². The fourth-order valence-corrected chi connectivity index (χ4v) is 2.23. The molecule has 1 aromatic heterocycles. The van der Waals surface area contributed by atoms with Crippen LogP contribution in [-0.4, -0.2) is 16.3 Å². The van der Waals surface area contributed by atoms with Gasteiger partial charge in [0.1, 0.15) is 11.5 Å². The molecule has 0 amide bonds. The van der Waals surface area contributed by atoms with Crippen LogP contribution in [0.1, 0.15) is 17.0 Å². The van der Waals surface area contributed by atoms with Crippen molar-refractivity contribution in [2.75, 3.05) is 6.54 Å². The SMILES string of the molecule is Cc1cc(C2=CC=CCN2)nn1Cc1ccccc1F. The summed E-state index contributed by atoms with van der Waals surface area (Å²) in [4.78, 5) is 0. The number of dihydropyridines is 1. The van der Waals surface area contributed by atoms with Crippen LogP contribution in [0.5, 0.6) is 0 Å². The summed E-state index contributed by atoms with van der Waals surface area (Å²) in [5.41, 5.74) is 3.56. The quantitative estimate of drug-likeness (QED) is 0.928. The highest BCUT2D eigenvalue weighted by Gasteiger charge is 2.11. The molecule has 0 saturated heterocycles. The van der Waals surface area contributed by atoms with E-state index in [0.717, 1.165) is 23.6 Å². The van der Waals surface area contributed by atoms with Crippen molar-refractivity contribution >= 4 is 5.70 Å². The van der Waals surface area contributed by atoms with E-state index in [2.05, 4.69) is 10.4 Å². The fourth-order valence-electron chi connectivity index (χ4n) is 2.23. The van der Waals surface area contributed by atoms with E-state index in [1.165, 1.54) is 6.07 Å². The monoisotopic (exact) mass is 269 g/mol. The van der Waals surface area contributed by atoms with Gasteiger partial charge in [-0.1, -0.05) is 30.4 Å². The van der Waals surface area contributed by atoms with Crippen molar-refractivity contribution in [2.24, 2.45) is 0 Å². The van der Waals surface area contributed by atoms with Gasteiger partial charge in [-0.25, -0.2) is 4.39 Å². The number of nitrogens with zero attached hydrogens (tertiary/aromatic N) is 2. The summed E-state index contributed by atoms with van der Waals surface area (Å²) in [6.45, 7) is 3.24. The van der Waals surface area contributed by atoms with Crippen molar-refractivity contribution in [3.63, 3.8) is 0 Å². The Morgan fingerprint density at radius 1 is 1.35 bits per heavy atom. The Kier molecular flexibility index (Phi) is 3.37. The number of hydrogen-bond acceptors (Lipinski definition) is 2. The van der Waals surface area contributed by atoms with Crippen LogP contribution in [0.3, 0.4) is 0 Å². The lowest BCUT2D eigenvalue weighted by atomic mass is 10.2. The normalized spacial score (nSPS) is 14.0. The lowest BCUT2D eigenvalue weighted by molar-refractivity contribution is 0.579. The minimum atomic E-state index is -0.193. The maximum absolute atomic E-state index is 13.7. The predicted octanol–water partition coefficient (Wildman–Crippen LogP) is 2.88. The molecule has 20 heavy (non-hydrogen) atoms. The van der Waals surface area contributed by atoms with Crippen molar-refractivity contribution < 1.29 is 4.39 Å². The van der Waals surface area contributed by atoms with Gasteiger partial charge in [-0.2, -0.15) is 5.10 Å². The highest BCUT2D eigenvalue weighted by atomic mass is 19.1. The maximum Gasteiger partial charge on any atom is 0.128 e. The Morgan fingerprint density at radius 3 is 2.95 bits per heavy atom. The van der Waals surface area contributed by atoms with Crippen LogP contribution in [0.2, 0.25) is 0 Å². The second kappa shape index (κ2) is 5.33. The number of aromatic nitrogens is 2. The molecule has 3 nitrogen and oxygen atoms in total. The van der Waals surface area contributed by atoms with Crippen molar-refractivity contribution in [1.29, 1.82) is 0 Å². The topological polar surface area (TPSA) is 29.9 Å². The zero-order valence-corrected chi connectivity index (χ0v) is 11.3. The molecule has 1 aliphatic heterocycles. The fraction of sp³-hybridized carbons (Fsp3) is 0.188. The van der Waals surface area contributed by atoms with Crippen LogP contribution < -0.4 is 5.32 Å². The molecule has 1 N–H and O–H groups in total. The average Bonchev–Trinajstić information content (AvgIpc) is 2.84. The lowest BCUT2D eigenvalue weighted by Crippen LogP contribution is -2.15. The van der Waals surface area contributed by atoms with Gasteiger partial charge in [0.25, 0.3) is 0 Å². The van der Waals surface area contributed by atoms with Crippen LogP contribution in [0.15, 0.2) is 48.6 Å². The molecule has 2 aromatic rings. The molecule has 2 heterocycles. The number of hydrogen-bond donors (Lipinski definition) is 1. The third kappa shape index (κ3) is 2.50. The summed E-state index contributed by atoms with van der Waals surface area (Å²) < 4.78 is 15.5. The zero-order valence-electron chi connectivity index (χ0n) is 11.3. The van der Waals surface area contributed by atoms with E-state index in [-0.39, 0.29) is 5.82 Å².